The minimum Gasteiger partial charge on any atom is -0.367 e. The van der Waals surface area contributed by atoms with Crippen LogP contribution in [0.1, 0.15) is 22.2 Å². The van der Waals surface area contributed by atoms with Crippen LogP contribution >= 0.6 is 22.7 Å². The van der Waals surface area contributed by atoms with E-state index in [9.17, 15) is 0 Å². The third kappa shape index (κ3) is 2.62. The molecule has 1 aliphatic heterocycles. The maximum Gasteiger partial charge on any atom is 0.138 e. The van der Waals surface area contributed by atoms with Crippen molar-refractivity contribution >= 4 is 38.7 Å². The summed E-state index contributed by atoms with van der Waals surface area (Å²) in [6, 6.07) is 4.66. The largest absolute Gasteiger partial charge is 0.367 e. The molecule has 4 rings (SSSR count). The normalized spacial score (nSPS) is 15.7. The Balaban J connectivity index is 1.65. The number of rotatable bonds is 4. The van der Waals surface area contributed by atoms with Gasteiger partial charge in [-0.05, 0) is 36.9 Å². The van der Waals surface area contributed by atoms with E-state index in [1.165, 1.54) is 20.7 Å². The molecular formula is C16H18N4S2. The summed E-state index contributed by atoms with van der Waals surface area (Å²) in [5, 5.41) is 10.4. The molecule has 2 N–H and O–H groups in total. The van der Waals surface area contributed by atoms with Crippen LogP contribution in [0.4, 0.5) is 5.82 Å². The lowest BCUT2D eigenvalue weighted by atomic mass is 10.1. The molecule has 0 unspecified atom stereocenters. The van der Waals surface area contributed by atoms with Gasteiger partial charge in [-0.1, -0.05) is 6.07 Å². The summed E-state index contributed by atoms with van der Waals surface area (Å²) >= 11 is 3.61. The second-order valence-electron chi connectivity index (χ2n) is 5.66. The topological polar surface area (TPSA) is 49.8 Å². The first-order valence-electron chi connectivity index (χ1n) is 7.56. The Hall–Kier alpha value is -1.50. The highest BCUT2D eigenvalue weighted by Crippen LogP contribution is 2.35. The predicted octanol–water partition coefficient (Wildman–Crippen LogP) is 3.44. The molecule has 22 heavy (non-hydrogen) atoms. The highest BCUT2D eigenvalue weighted by Gasteiger charge is 2.20. The summed E-state index contributed by atoms with van der Waals surface area (Å²) < 4.78 is 0. The second kappa shape index (κ2) is 5.95. The van der Waals surface area contributed by atoms with Crippen LogP contribution in [0.3, 0.4) is 0 Å². The molecule has 4 nitrogen and oxygen atoms in total. The molecule has 4 heterocycles. The molecule has 0 aliphatic carbocycles. The van der Waals surface area contributed by atoms with E-state index in [1.807, 2.05) is 11.3 Å². The summed E-state index contributed by atoms with van der Waals surface area (Å²) in [4.78, 5) is 12.9. The van der Waals surface area contributed by atoms with Crippen LogP contribution in [0, 0.1) is 0 Å². The van der Waals surface area contributed by atoms with Crippen LogP contribution in [-0.4, -0.2) is 22.6 Å². The van der Waals surface area contributed by atoms with E-state index >= 15 is 0 Å². The highest BCUT2D eigenvalue weighted by atomic mass is 32.1. The number of hydrogen-bond donors (Lipinski definition) is 2. The molecule has 0 fully saturated rings. The van der Waals surface area contributed by atoms with Gasteiger partial charge in [-0.3, -0.25) is 0 Å². The van der Waals surface area contributed by atoms with Gasteiger partial charge in [0.05, 0.1) is 5.39 Å². The number of thiophene rings is 2. The van der Waals surface area contributed by atoms with E-state index in [1.54, 1.807) is 17.7 Å². The lowest BCUT2D eigenvalue weighted by Gasteiger charge is -2.16. The molecule has 0 amide bonds. The molecule has 3 aromatic heterocycles. The van der Waals surface area contributed by atoms with Crippen LogP contribution in [0.5, 0.6) is 0 Å². The van der Waals surface area contributed by atoms with E-state index in [0.29, 0.717) is 6.04 Å². The van der Waals surface area contributed by atoms with Gasteiger partial charge in [0.15, 0.2) is 0 Å². The monoisotopic (exact) mass is 330 g/mol. The van der Waals surface area contributed by atoms with E-state index < -0.39 is 0 Å². The van der Waals surface area contributed by atoms with Gasteiger partial charge in [-0.25, -0.2) is 9.97 Å². The maximum atomic E-state index is 4.52. The van der Waals surface area contributed by atoms with Crippen LogP contribution in [0.2, 0.25) is 0 Å². The van der Waals surface area contributed by atoms with Gasteiger partial charge in [0.25, 0.3) is 0 Å². The Morgan fingerprint density at radius 3 is 3.23 bits per heavy atom. The zero-order valence-corrected chi connectivity index (χ0v) is 14.1. The molecular weight excluding hydrogens is 312 g/mol. The predicted molar refractivity (Wildman–Crippen MR) is 93.9 cm³/mol. The fourth-order valence-electron chi connectivity index (χ4n) is 2.98. The molecule has 0 bridgehead atoms. The number of fused-ring (bicyclic) bond motifs is 3. The molecule has 0 saturated heterocycles. The highest BCUT2D eigenvalue weighted by molar-refractivity contribution is 7.19. The molecule has 3 aromatic rings. The Kier molecular flexibility index (Phi) is 3.82. The van der Waals surface area contributed by atoms with Crippen molar-refractivity contribution in [3.8, 4) is 0 Å². The minimum atomic E-state index is 0.356. The first-order chi connectivity index (χ1) is 10.8. The van der Waals surface area contributed by atoms with Crippen molar-refractivity contribution in [1.29, 1.82) is 0 Å². The molecule has 1 aliphatic rings. The van der Waals surface area contributed by atoms with Crippen molar-refractivity contribution in [3.05, 3.63) is 39.2 Å². The summed E-state index contributed by atoms with van der Waals surface area (Å²) in [6.45, 7) is 4.21. The van der Waals surface area contributed by atoms with Crippen LogP contribution in [0.25, 0.3) is 10.2 Å². The first-order valence-corrected chi connectivity index (χ1v) is 9.26. The first kappa shape index (κ1) is 14.1. The van der Waals surface area contributed by atoms with E-state index in [-0.39, 0.29) is 0 Å². The number of anilines is 1. The van der Waals surface area contributed by atoms with Gasteiger partial charge in [0, 0.05) is 28.8 Å². The molecule has 0 spiro atoms. The zero-order valence-electron chi connectivity index (χ0n) is 12.4. The van der Waals surface area contributed by atoms with Crippen molar-refractivity contribution in [2.45, 2.75) is 32.4 Å². The average molecular weight is 330 g/mol. The average Bonchev–Trinajstić information content (AvgIpc) is 3.14. The van der Waals surface area contributed by atoms with Gasteiger partial charge >= 0.3 is 0 Å². The fourth-order valence-corrected chi connectivity index (χ4v) is 4.98. The molecule has 6 heteroatoms. The smallest absolute Gasteiger partial charge is 0.138 e. The van der Waals surface area contributed by atoms with E-state index in [2.05, 4.69) is 45.0 Å². The molecule has 0 radical (unpaired) electrons. The lowest BCUT2D eigenvalue weighted by Crippen LogP contribution is -2.22. The van der Waals surface area contributed by atoms with Crippen molar-refractivity contribution in [2.24, 2.45) is 0 Å². The van der Waals surface area contributed by atoms with Gasteiger partial charge in [0.2, 0.25) is 0 Å². The van der Waals surface area contributed by atoms with Crippen molar-refractivity contribution in [3.63, 3.8) is 0 Å². The Morgan fingerprint density at radius 1 is 1.41 bits per heavy atom. The van der Waals surface area contributed by atoms with Crippen LogP contribution in [0.15, 0.2) is 23.8 Å². The molecule has 0 aromatic carbocycles. The quantitative estimate of drug-likeness (QED) is 0.769. The Bertz CT molecular complexity index is 779. The number of nitrogens with one attached hydrogen (secondary N) is 2. The van der Waals surface area contributed by atoms with Gasteiger partial charge in [-0.15, -0.1) is 22.7 Å². The van der Waals surface area contributed by atoms with Crippen LogP contribution < -0.4 is 10.6 Å². The third-order valence-electron chi connectivity index (χ3n) is 3.98. The van der Waals surface area contributed by atoms with Crippen LogP contribution in [-0.2, 0) is 19.4 Å². The molecule has 0 saturated carbocycles. The molecule has 1 atom stereocenters. The summed E-state index contributed by atoms with van der Waals surface area (Å²) in [5.74, 6) is 0.994. The maximum absolute atomic E-state index is 4.52. The van der Waals surface area contributed by atoms with E-state index in [4.69, 9.17) is 0 Å². The summed E-state index contributed by atoms with van der Waals surface area (Å²) in [7, 11) is 0. The van der Waals surface area contributed by atoms with E-state index in [0.717, 1.165) is 36.6 Å². The Labute approximate surface area is 137 Å². The SMILES string of the molecule is C[C@H](Cc1cccs1)Nc1ncnc2sc3c(c12)CCNC3. The van der Waals surface area contributed by atoms with Crippen molar-refractivity contribution in [2.75, 3.05) is 11.9 Å². The van der Waals surface area contributed by atoms with Gasteiger partial charge in [-0.2, -0.15) is 0 Å². The van der Waals surface area contributed by atoms with Crippen molar-refractivity contribution in [1.82, 2.24) is 15.3 Å². The number of hydrogen-bond acceptors (Lipinski definition) is 6. The number of aromatic nitrogens is 2. The van der Waals surface area contributed by atoms with Gasteiger partial charge in [0.1, 0.15) is 17.0 Å². The molecule has 114 valence electrons. The lowest BCUT2D eigenvalue weighted by molar-refractivity contribution is 0.657. The third-order valence-corrected chi connectivity index (χ3v) is 6.02. The minimum absolute atomic E-state index is 0.356. The van der Waals surface area contributed by atoms with Gasteiger partial charge < -0.3 is 10.6 Å². The second-order valence-corrected chi connectivity index (χ2v) is 7.78. The fraction of sp³-hybridized carbons (Fsp3) is 0.375. The summed E-state index contributed by atoms with van der Waals surface area (Å²) in [6.07, 6.45) is 3.77. The standard InChI is InChI=1S/C16H18N4S2/c1-10(7-11-3-2-6-21-11)20-15-14-12-4-5-17-8-13(12)22-16(14)19-9-18-15/h2-3,6,9-10,17H,4-5,7-8H2,1H3,(H,18,19,20)/t10-/m1/s1. The summed E-state index contributed by atoms with van der Waals surface area (Å²) in [5.41, 5.74) is 1.44. The zero-order chi connectivity index (χ0) is 14.9. The Morgan fingerprint density at radius 2 is 2.36 bits per heavy atom. The number of nitrogens with zero attached hydrogens (tertiary/aromatic N) is 2. The van der Waals surface area contributed by atoms with Crippen molar-refractivity contribution < 1.29 is 0 Å².